The fourth-order valence-corrected chi connectivity index (χ4v) is 1.23. The molecular formula is C10H14BrNO2. The van der Waals surface area contributed by atoms with Gasteiger partial charge in [-0.1, -0.05) is 15.9 Å². The highest BCUT2D eigenvalue weighted by Crippen LogP contribution is 2.14. The van der Waals surface area contributed by atoms with Crippen molar-refractivity contribution in [1.29, 1.82) is 0 Å². The molecule has 0 saturated heterocycles. The Kier molecular flexibility index (Phi) is 4.76. The summed E-state index contributed by atoms with van der Waals surface area (Å²) in [6.07, 6.45) is -0.364. The summed E-state index contributed by atoms with van der Waals surface area (Å²) in [6.45, 7) is 0.539. The summed E-state index contributed by atoms with van der Waals surface area (Å²) in [5, 5.41) is 13.0. The van der Waals surface area contributed by atoms with Gasteiger partial charge in [0.15, 0.2) is 0 Å². The molecule has 0 spiro atoms. The molecule has 0 fully saturated rings. The Morgan fingerprint density at radius 1 is 1.43 bits per heavy atom. The van der Waals surface area contributed by atoms with Crippen LogP contribution in [0, 0.1) is 0 Å². The van der Waals surface area contributed by atoms with Crippen LogP contribution in [0.15, 0.2) is 24.3 Å². The molecular weight excluding hydrogens is 246 g/mol. The largest absolute Gasteiger partial charge is 0.497 e. The van der Waals surface area contributed by atoms with Crippen molar-refractivity contribution in [2.75, 3.05) is 24.3 Å². The zero-order valence-corrected chi connectivity index (χ0v) is 9.62. The van der Waals surface area contributed by atoms with Gasteiger partial charge in [0.2, 0.25) is 0 Å². The fraction of sp³-hybridized carbons (Fsp3) is 0.400. The van der Waals surface area contributed by atoms with Crippen LogP contribution in [0.3, 0.4) is 0 Å². The molecule has 78 valence electrons. The number of ether oxygens (including phenoxy) is 1. The van der Waals surface area contributed by atoms with Crippen LogP contribution in [0.4, 0.5) is 5.69 Å². The first kappa shape index (κ1) is 11.3. The Balaban J connectivity index is 2.43. The molecule has 2 N–H and O–H groups in total. The number of rotatable bonds is 5. The highest BCUT2D eigenvalue weighted by atomic mass is 79.9. The molecule has 0 bridgehead atoms. The monoisotopic (exact) mass is 259 g/mol. The van der Waals surface area contributed by atoms with Gasteiger partial charge >= 0.3 is 0 Å². The second-order valence-corrected chi connectivity index (χ2v) is 3.57. The molecule has 0 radical (unpaired) electrons. The summed E-state index contributed by atoms with van der Waals surface area (Å²) in [5.74, 6) is 0.830. The van der Waals surface area contributed by atoms with Gasteiger partial charge in [0, 0.05) is 17.6 Å². The minimum absolute atomic E-state index is 0.364. The van der Waals surface area contributed by atoms with E-state index in [4.69, 9.17) is 4.74 Å². The standard InChI is InChI=1S/C10H14BrNO2/c1-14-10-4-2-8(3-5-10)12-7-9(13)6-11/h2-5,9,12-13H,6-7H2,1H3. The van der Waals surface area contributed by atoms with E-state index in [0.29, 0.717) is 11.9 Å². The average molecular weight is 260 g/mol. The first-order chi connectivity index (χ1) is 6.76. The minimum Gasteiger partial charge on any atom is -0.497 e. The predicted molar refractivity (Wildman–Crippen MR) is 61.3 cm³/mol. The van der Waals surface area contributed by atoms with Crippen LogP contribution in [0.2, 0.25) is 0 Å². The zero-order chi connectivity index (χ0) is 10.4. The first-order valence-electron chi connectivity index (χ1n) is 4.38. The van der Waals surface area contributed by atoms with E-state index in [0.717, 1.165) is 11.4 Å². The van der Waals surface area contributed by atoms with Crippen molar-refractivity contribution in [3.05, 3.63) is 24.3 Å². The van der Waals surface area contributed by atoms with Crippen LogP contribution in [-0.4, -0.2) is 30.2 Å². The molecule has 3 nitrogen and oxygen atoms in total. The Bertz CT molecular complexity index is 263. The molecule has 1 atom stereocenters. The van der Waals surface area contributed by atoms with E-state index in [1.807, 2.05) is 24.3 Å². The maximum atomic E-state index is 9.29. The normalized spacial score (nSPS) is 12.2. The number of aliphatic hydroxyl groups is 1. The summed E-state index contributed by atoms with van der Waals surface area (Å²) in [6, 6.07) is 7.59. The highest BCUT2D eigenvalue weighted by molar-refractivity contribution is 9.09. The van der Waals surface area contributed by atoms with Crippen molar-refractivity contribution < 1.29 is 9.84 Å². The maximum absolute atomic E-state index is 9.29. The molecule has 4 heteroatoms. The Labute approximate surface area is 92.2 Å². The van der Waals surface area contributed by atoms with Crippen LogP contribution in [0.5, 0.6) is 5.75 Å². The van der Waals surface area contributed by atoms with Crippen molar-refractivity contribution in [2.24, 2.45) is 0 Å². The van der Waals surface area contributed by atoms with Crippen LogP contribution >= 0.6 is 15.9 Å². The quantitative estimate of drug-likeness (QED) is 0.794. The van der Waals surface area contributed by atoms with Gasteiger partial charge < -0.3 is 15.2 Å². The molecule has 0 amide bonds. The van der Waals surface area contributed by atoms with E-state index in [9.17, 15) is 5.11 Å². The predicted octanol–water partition coefficient (Wildman–Crippen LogP) is 1.86. The molecule has 1 rings (SSSR count). The van der Waals surface area contributed by atoms with Crippen molar-refractivity contribution in [1.82, 2.24) is 0 Å². The summed E-state index contributed by atoms with van der Waals surface area (Å²) in [5.41, 5.74) is 0.978. The number of benzene rings is 1. The summed E-state index contributed by atoms with van der Waals surface area (Å²) in [4.78, 5) is 0. The molecule has 1 unspecified atom stereocenters. The number of nitrogens with one attached hydrogen (secondary N) is 1. The number of anilines is 1. The lowest BCUT2D eigenvalue weighted by molar-refractivity contribution is 0.214. The minimum atomic E-state index is -0.364. The van der Waals surface area contributed by atoms with Gasteiger partial charge in [-0.15, -0.1) is 0 Å². The van der Waals surface area contributed by atoms with E-state index < -0.39 is 0 Å². The Morgan fingerprint density at radius 2 is 2.07 bits per heavy atom. The van der Waals surface area contributed by atoms with Crippen LogP contribution in [0.25, 0.3) is 0 Å². The molecule has 0 heterocycles. The van der Waals surface area contributed by atoms with Gasteiger partial charge in [-0.25, -0.2) is 0 Å². The van der Waals surface area contributed by atoms with E-state index in [2.05, 4.69) is 21.2 Å². The van der Waals surface area contributed by atoms with E-state index in [1.165, 1.54) is 0 Å². The highest BCUT2D eigenvalue weighted by Gasteiger charge is 2.00. The number of methoxy groups -OCH3 is 1. The van der Waals surface area contributed by atoms with E-state index in [1.54, 1.807) is 7.11 Å². The third-order valence-electron chi connectivity index (χ3n) is 1.81. The molecule has 0 saturated carbocycles. The number of aliphatic hydroxyl groups excluding tert-OH is 1. The van der Waals surface area contributed by atoms with Gasteiger partial charge in [0.25, 0.3) is 0 Å². The van der Waals surface area contributed by atoms with Gasteiger partial charge in [-0.05, 0) is 24.3 Å². The summed E-state index contributed by atoms with van der Waals surface area (Å²) in [7, 11) is 1.64. The number of alkyl halides is 1. The number of halogens is 1. The van der Waals surface area contributed by atoms with Crippen molar-refractivity contribution in [3.8, 4) is 5.75 Å². The Hall–Kier alpha value is -0.740. The van der Waals surface area contributed by atoms with Crippen LogP contribution in [0.1, 0.15) is 0 Å². The SMILES string of the molecule is COc1ccc(NCC(O)CBr)cc1. The molecule has 0 aliphatic carbocycles. The maximum Gasteiger partial charge on any atom is 0.119 e. The molecule has 0 aromatic heterocycles. The van der Waals surface area contributed by atoms with Crippen LogP contribution < -0.4 is 10.1 Å². The van der Waals surface area contributed by atoms with E-state index in [-0.39, 0.29) is 6.10 Å². The smallest absolute Gasteiger partial charge is 0.119 e. The van der Waals surface area contributed by atoms with Gasteiger partial charge in [0.1, 0.15) is 5.75 Å². The van der Waals surface area contributed by atoms with Crippen molar-refractivity contribution >= 4 is 21.6 Å². The van der Waals surface area contributed by atoms with Gasteiger partial charge in [-0.2, -0.15) is 0 Å². The first-order valence-corrected chi connectivity index (χ1v) is 5.50. The lowest BCUT2D eigenvalue weighted by Gasteiger charge is -2.10. The Morgan fingerprint density at radius 3 is 2.57 bits per heavy atom. The molecule has 1 aromatic rings. The van der Waals surface area contributed by atoms with Crippen molar-refractivity contribution in [3.63, 3.8) is 0 Å². The molecule has 1 aromatic carbocycles. The third-order valence-corrected chi connectivity index (χ3v) is 2.56. The topological polar surface area (TPSA) is 41.5 Å². The fourth-order valence-electron chi connectivity index (χ4n) is 0.999. The molecule has 0 aliphatic heterocycles. The lowest BCUT2D eigenvalue weighted by atomic mass is 10.3. The van der Waals surface area contributed by atoms with Gasteiger partial charge in [-0.3, -0.25) is 0 Å². The number of hydrogen-bond acceptors (Lipinski definition) is 3. The molecule has 0 aliphatic rings. The van der Waals surface area contributed by atoms with Crippen LogP contribution in [-0.2, 0) is 0 Å². The average Bonchev–Trinajstić information content (AvgIpc) is 2.26. The summed E-state index contributed by atoms with van der Waals surface area (Å²) >= 11 is 3.20. The molecule has 14 heavy (non-hydrogen) atoms. The third kappa shape index (κ3) is 3.55. The van der Waals surface area contributed by atoms with Gasteiger partial charge in [0.05, 0.1) is 13.2 Å². The van der Waals surface area contributed by atoms with Crippen molar-refractivity contribution in [2.45, 2.75) is 6.10 Å². The second-order valence-electron chi connectivity index (χ2n) is 2.92. The lowest BCUT2D eigenvalue weighted by Crippen LogP contribution is -2.20. The number of hydrogen-bond donors (Lipinski definition) is 2. The zero-order valence-electron chi connectivity index (χ0n) is 8.03. The second kappa shape index (κ2) is 5.88. The summed E-state index contributed by atoms with van der Waals surface area (Å²) < 4.78 is 5.03. The van der Waals surface area contributed by atoms with E-state index >= 15 is 0 Å².